The van der Waals surface area contributed by atoms with Crippen LogP contribution in [0.5, 0.6) is 0 Å². The Kier molecular flexibility index (Phi) is 5.41. The van der Waals surface area contributed by atoms with Crippen LogP contribution in [0.2, 0.25) is 0 Å². The molecule has 0 aromatic carbocycles. The molecule has 3 rings (SSSR count). The number of rotatable bonds is 7. The van der Waals surface area contributed by atoms with Crippen LogP contribution in [0, 0.1) is 6.92 Å². The molecule has 0 spiro atoms. The van der Waals surface area contributed by atoms with Crippen LogP contribution < -0.4 is 11.1 Å². The predicted octanol–water partition coefficient (Wildman–Crippen LogP) is 1.24. The summed E-state index contributed by atoms with van der Waals surface area (Å²) < 4.78 is 0. The van der Waals surface area contributed by atoms with Gasteiger partial charge in [-0.2, -0.15) is 5.10 Å². The number of hydrogen-bond acceptors (Lipinski definition) is 6. The number of ketones is 1. The first-order valence-electron chi connectivity index (χ1n) is 8.10. The van der Waals surface area contributed by atoms with Gasteiger partial charge in [-0.25, -0.2) is 0 Å². The first-order valence-corrected chi connectivity index (χ1v) is 8.98. The summed E-state index contributed by atoms with van der Waals surface area (Å²) in [5, 5.41) is 11.2. The zero-order chi connectivity index (χ0) is 19.4. The molecular formula is C18H17N5O3S. The van der Waals surface area contributed by atoms with Crippen LogP contribution in [0.25, 0.3) is 11.3 Å². The Bertz CT molecular complexity index is 966. The molecule has 0 aliphatic carbocycles. The molecular weight excluding hydrogens is 366 g/mol. The Balaban J connectivity index is 1.88. The summed E-state index contributed by atoms with van der Waals surface area (Å²) in [6.07, 6.45) is 1.78. The number of carbonyl (C=O) groups excluding carboxylic acids is 3. The predicted molar refractivity (Wildman–Crippen MR) is 100 cm³/mol. The molecule has 0 radical (unpaired) electrons. The quantitative estimate of drug-likeness (QED) is 0.528. The van der Waals surface area contributed by atoms with E-state index in [0.29, 0.717) is 17.0 Å². The second kappa shape index (κ2) is 7.92. The number of hydrogen-bond donors (Lipinski definition) is 3. The molecule has 1 unspecified atom stereocenters. The standard InChI is InChI=1S/C18H17N5O3S/c1-10-14(12-6-2-3-7-20-12)15(23-22-10)18(26)21-13(16(24)17(19)25)9-11-5-4-8-27-11/h2-8,13H,9H2,1H3,(H2,19,25)(H,21,26)(H,22,23). The molecule has 0 bridgehead atoms. The van der Waals surface area contributed by atoms with E-state index in [-0.39, 0.29) is 12.1 Å². The Morgan fingerprint density at radius 3 is 2.70 bits per heavy atom. The average molecular weight is 383 g/mol. The largest absolute Gasteiger partial charge is 0.363 e. The smallest absolute Gasteiger partial charge is 0.287 e. The SMILES string of the molecule is Cc1[nH]nc(C(=O)NC(Cc2cccs2)C(=O)C(N)=O)c1-c1ccccn1. The molecule has 2 amide bonds. The molecule has 0 saturated carbocycles. The Morgan fingerprint density at radius 2 is 2.07 bits per heavy atom. The van der Waals surface area contributed by atoms with Gasteiger partial charge < -0.3 is 11.1 Å². The van der Waals surface area contributed by atoms with E-state index in [9.17, 15) is 14.4 Å². The molecule has 3 heterocycles. The zero-order valence-electron chi connectivity index (χ0n) is 14.4. The number of aromatic amines is 1. The molecule has 4 N–H and O–H groups in total. The molecule has 0 fully saturated rings. The van der Waals surface area contributed by atoms with Crippen LogP contribution in [0.1, 0.15) is 21.1 Å². The van der Waals surface area contributed by atoms with Crippen molar-refractivity contribution in [3.8, 4) is 11.3 Å². The lowest BCUT2D eigenvalue weighted by Gasteiger charge is -2.15. The lowest BCUT2D eigenvalue weighted by molar-refractivity contribution is -0.137. The van der Waals surface area contributed by atoms with Gasteiger partial charge in [-0.15, -0.1) is 11.3 Å². The van der Waals surface area contributed by atoms with Gasteiger partial charge in [0.05, 0.1) is 11.3 Å². The molecule has 8 nitrogen and oxygen atoms in total. The minimum atomic E-state index is -1.10. The van der Waals surface area contributed by atoms with Crippen LogP contribution in [0.3, 0.4) is 0 Å². The van der Waals surface area contributed by atoms with E-state index >= 15 is 0 Å². The third-order valence-corrected chi connectivity index (χ3v) is 4.83. The summed E-state index contributed by atoms with van der Waals surface area (Å²) in [5.74, 6) is -2.54. The fraction of sp³-hybridized carbons (Fsp3) is 0.167. The molecule has 0 aliphatic heterocycles. The first-order chi connectivity index (χ1) is 13.0. The van der Waals surface area contributed by atoms with Crippen molar-refractivity contribution < 1.29 is 14.4 Å². The van der Waals surface area contributed by atoms with Crippen molar-refractivity contribution in [2.75, 3.05) is 0 Å². The van der Waals surface area contributed by atoms with Gasteiger partial charge in [0.2, 0.25) is 5.78 Å². The molecule has 27 heavy (non-hydrogen) atoms. The van der Waals surface area contributed by atoms with E-state index in [2.05, 4.69) is 20.5 Å². The zero-order valence-corrected chi connectivity index (χ0v) is 15.2. The highest BCUT2D eigenvalue weighted by Crippen LogP contribution is 2.23. The second-order valence-electron chi connectivity index (χ2n) is 5.83. The third kappa shape index (κ3) is 4.09. The summed E-state index contributed by atoms with van der Waals surface area (Å²) in [4.78, 5) is 41.4. The van der Waals surface area contributed by atoms with E-state index in [1.807, 2.05) is 17.5 Å². The molecule has 3 aromatic rings. The number of nitrogens with one attached hydrogen (secondary N) is 2. The highest BCUT2D eigenvalue weighted by atomic mass is 32.1. The van der Waals surface area contributed by atoms with E-state index < -0.39 is 23.6 Å². The van der Waals surface area contributed by atoms with E-state index in [4.69, 9.17) is 5.73 Å². The summed E-state index contributed by atoms with van der Waals surface area (Å²) in [6, 6.07) is 7.89. The fourth-order valence-corrected chi connectivity index (χ4v) is 3.41. The summed E-state index contributed by atoms with van der Waals surface area (Å²) in [5.41, 5.74) is 7.01. The molecule has 1 atom stereocenters. The average Bonchev–Trinajstić information content (AvgIpc) is 3.30. The van der Waals surface area contributed by atoms with Crippen LogP contribution >= 0.6 is 11.3 Å². The number of aryl methyl sites for hydroxylation is 1. The second-order valence-corrected chi connectivity index (χ2v) is 6.86. The van der Waals surface area contributed by atoms with Crippen molar-refractivity contribution in [2.45, 2.75) is 19.4 Å². The molecule has 9 heteroatoms. The Labute approximate surface area is 158 Å². The molecule has 0 aliphatic rings. The van der Waals surface area contributed by atoms with Crippen molar-refractivity contribution in [3.63, 3.8) is 0 Å². The van der Waals surface area contributed by atoms with E-state index in [1.54, 1.807) is 31.3 Å². The van der Waals surface area contributed by atoms with Crippen LogP contribution in [-0.4, -0.2) is 38.8 Å². The third-order valence-electron chi connectivity index (χ3n) is 3.93. The maximum atomic E-state index is 12.8. The maximum Gasteiger partial charge on any atom is 0.287 e. The summed E-state index contributed by atoms with van der Waals surface area (Å²) in [6.45, 7) is 1.77. The molecule has 3 aromatic heterocycles. The van der Waals surface area contributed by atoms with Crippen LogP contribution in [0.4, 0.5) is 0 Å². The summed E-state index contributed by atoms with van der Waals surface area (Å²) in [7, 11) is 0. The van der Waals surface area contributed by atoms with Gasteiger partial charge in [0, 0.05) is 23.2 Å². The number of aromatic nitrogens is 3. The van der Waals surface area contributed by atoms with Gasteiger partial charge in [-0.3, -0.25) is 24.5 Å². The lowest BCUT2D eigenvalue weighted by Crippen LogP contribution is -2.47. The number of thiophene rings is 1. The van der Waals surface area contributed by atoms with Gasteiger partial charge in [-0.05, 0) is 30.5 Å². The van der Waals surface area contributed by atoms with E-state index in [1.165, 1.54) is 11.3 Å². The Morgan fingerprint density at radius 1 is 1.26 bits per heavy atom. The van der Waals surface area contributed by atoms with Gasteiger partial charge >= 0.3 is 0 Å². The number of nitrogens with two attached hydrogens (primary N) is 1. The number of carbonyl (C=O) groups is 3. The van der Waals surface area contributed by atoms with E-state index in [0.717, 1.165) is 4.88 Å². The van der Waals surface area contributed by atoms with Gasteiger partial charge in [0.15, 0.2) is 5.69 Å². The maximum absolute atomic E-state index is 12.8. The molecule has 0 saturated heterocycles. The number of amides is 2. The van der Waals surface area contributed by atoms with Crippen LogP contribution in [-0.2, 0) is 16.0 Å². The minimum Gasteiger partial charge on any atom is -0.363 e. The minimum absolute atomic E-state index is 0.0969. The van der Waals surface area contributed by atoms with Gasteiger partial charge in [-0.1, -0.05) is 12.1 Å². The fourth-order valence-electron chi connectivity index (χ4n) is 2.66. The number of primary amides is 1. The van der Waals surface area contributed by atoms with Gasteiger partial charge in [0.1, 0.15) is 6.04 Å². The number of pyridine rings is 1. The van der Waals surface area contributed by atoms with Crippen molar-refractivity contribution >= 4 is 28.9 Å². The number of H-pyrrole nitrogens is 1. The highest BCUT2D eigenvalue weighted by molar-refractivity contribution is 7.09. The topological polar surface area (TPSA) is 131 Å². The van der Waals surface area contributed by atoms with Crippen molar-refractivity contribution in [1.82, 2.24) is 20.5 Å². The first kappa shape index (κ1) is 18.5. The Hall–Kier alpha value is -3.33. The van der Waals surface area contributed by atoms with Crippen molar-refractivity contribution in [2.24, 2.45) is 5.73 Å². The number of nitrogens with zero attached hydrogens (tertiary/aromatic N) is 2. The highest BCUT2D eigenvalue weighted by Gasteiger charge is 2.28. The normalized spacial score (nSPS) is 11.7. The monoisotopic (exact) mass is 383 g/mol. The summed E-state index contributed by atoms with van der Waals surface area (Å²) >= 11 is 1.42. The lowest BCUT2D eigenvalue weighted by atomic mass is 10.1. The molecule has 138 valence electrons. The number of Topliss-reactive ketones (excluding diaryl/α,β-unsaturated/α-hetero) is 1. The van der Waals surface area contributed by atoms with Gasteiger partial charge in [0.25, 0.3) is 11.8 Å². The van der Waals surface area contributed by atoms with Crippen molar-refractivity contribution in [1.29, 1.82) is 0 Å². The van der Waals surface area contributed by atoms with Crippen molar-refractivity contribution in [3.05, 3.63) is 58.2 Å². The van der Waals surface area contributed by atoms with Crippen LogP contribution in [0.15, 0.2) is 41.9 Å².